The fourth-order valence-corrected chi connectivity index (χ4v) is 3.89. The molecule has 1 aromatic heterocycles. The predicted molar refractivity (Wildman–Crippen MR) is 87.9 cm³/mol. The van der Waals surface area contributed by atoms with Crippen LogP contribution in [0.4, 0.5) is 13.2 Å². The molecule has 0 fully saturated rings. The van der Waals surface area contributed by atoms with Crippen LogP contribution in [0.2, 0.25) is 0 Å². The van der Waals surface area contributed by atoms with E-state index in [0.717, 1.165) is 25.3 Å². The molecule has 0 aliphatic carbocycles. The first-order chi connectivity index (χ1) is 12.5. The van der Waals surface area contributed by atoms with Gasteiger partial charge in [0.25, 0.3) is 0 Å². The van der Waals surface area contributed by atoms with Gasteiger partial charge < -0.3 is 10.5 Å². The molecule has 0 radical (unpaired) electrons. The number of hydrogen-bond acceptors (Lipinski definition) is 7. The molecule has 2 rings (SSSR count). The highest BCUT2D eigenvalue weighted by atomic mass is 32.2. The molecule has 27 heavy (non-hydrogen) atoms. The summed E-state index contributed by atoms with van der Waals surface area (Å²) in [5.41, 5.74) is -2.10. The predicted octanol–water partition coefficient (Wildman–Crippen LogP) is 2.69. The number of aromatic nitrogens is 2. The summed E-state index contributed by atoms with van der Waals surface area (Å²) in [4.78, 5) is 6.24. The highest BCUT2D eigenvalue weighted by Gasteiger charge is 2.38. The lowest BCUT2D eigenvalue weighted by Crippen LogP contribution is -2.25. The summed E-state index contributed by atoms with van der Waals surface area (Å²) in [5, 5.41) is 25.0. The van der Waals surface area contributed by atoms with Crippen molar-refractivity contribution in [3.05, 3.63) is 47.5 Å². The average Bonchev–Trinajstić information content (AvgIpc) is 2.61. The van der Waals surface area contributed by atoms with E-state index >= 15 is 0 Å². The normalized spacial score (nSPS) is 13.0. The molecule has 0 bridgehead atoms. The Balaban J connectivity index is 2.37. The van der Waals surface area contributed by atoms with Crippen LogP contribution >= 0.6 is 0 Å². The molecule has 0 amide bonds. The second kappa shape index (κ2) is 7.32. The van der Waals surface area contributed by atoms with Crippen LogP contribution in [-0.4, -0.2) is 34.5 Å². The summed E-state index contributed by atoms with van der Waals surface area (Å²) in [6.45, 7) is 1.15. The molecule has 11 heteroatoms. The smallest absolute Gasteiger partial charge is 0.417 e. The molecule has 7 nitrogen and oxygen atoms in total. The highest BCUT2D eigenvalue weighted by molar-refractivity contribution is 7.92. The van der Waals surface area contributed by atoms with Gasteiger partial charge in [0, 0.05) is 6.42 Å². The van der Waals surface area contributed by atoms with Gasteiger partial charge in [0.2, 0.25) is 5.82 Å². The molecule has 0 saturated heterocycles. The number of sulfone groups is 1. The maximum Gasteiger partial charge on any atom is 0.417 e. The summed E-state index contributed by atoms with van der Waals surface area (Å²) < 4.78 is 64.6. The molecule has 142 valence electrons. The summed E-state index contributed by atoms with van der Waals surface area (Å²) in [7, 11) is -4.44. The summed E-state index contributed by atoms with van der Waals surface area (Å²) in [6, 6.07) is 5.39. The van der Waals surface area contributed by atoms with Crippen LogP contribution in [0.15, 0.2) is 35.4 Å². The lowest BCUT2D eigenvalue weighted by Gasteiger charge is -2.17. The van der Waals surface area contributed by atoms with E-state index in [-0.39, 0.29) is 11.5 Å². The largest absolute Gasteiger partial charge is 0.504 e. The number of nitriles is 1. The maximum absolute atomic E-state index is 13.1. The van der Waals surface area contributed by atoms with Crippen molar-refractivity contribution in [2.45, 2.75) is 29.7 Å². The quantitative estimate of drug-likeness (QED) is 0.746. The Kier molecular flexibility index (Phi) is 5.51. The fraction of sp³-hybridized carbons (Fsp3) is 0.250. The van der Waals surface area contributed by atoms with Gasteiger partial charge in [-0.2, -0.15) is 18.4 Å². The molecule has 2 N–H and O–H groups in total. The third-order valence-corrected chi connectivity index (χ3v) is 5.87. The summed E-state index contributed by atoms with van der Waals surface area (Å²) in [5.74, 6) is -0.884. The zero-order valence-electron chi connectivity index (χ0n) is 13.8. The second-order valence-corrected chi connectivity index (χ2v) is 7.91. The van der Waals surface area contributed by atoms with Crippen molar-refractivity contribution < 1.29 is 26.7 Å². The maximum atomic E-state index is 13.1. The zero-order chi connectivity index (χ0) is 20.4. The fourth-order valence-electron chi connectivity index (χ4n) is 2.31. The number of aromatic hydroxyl groups is 1. The molecule has 0 aliphatic rings. The van der Waals surface area contributed by atoms with Crippen molar-refractivity contribution in [1.29, 1.82) is 10.7 Å². The Morgan fingerprint density at radius 2 is 2.00 bits per heavy atom. The van der Waals surface area contributed by atoms with Crippen molar-refractivity contribution in [2.75, 3.05) is 0 Å². The van der Waals surface area contributed by atoms with Crippen molar-refractivity contribution in [1.82, 2.24) is 9.97 Å². The van der Waals surface area contributed by atoms with Crippen LogP contribution < -0.4 is 0 Å². The molecule has 1 atom stereocenters. The highest BCUT2D eigenvalue weighted by Crippen LogP contribution is 2.35. The van der Waals surface area contributed by atoms with Crippen LogP contribution in [0.5, 0.6) is 5.75 Å². The third-order valence-electron chi connectivity index (χ3n) is 3.68. The molecule has 0 aliphatic heterocycles. The van der Waals surface area contributed by atoms with Crippen molar-refractivity contribution in [3.8, 4) is 11.8 Å². The minimum absolute atomic E-state index is 0.342. The monoisotopic (exact) mass is 398 g/mol. The molecule has 1 aromatic carbocycles. The molecular weight excluding hydrogens is 385 g/mol. The topological polar surface area (TPSA) is 128 Å². The second-order valence-electron chi connectivity index (χ2n) is 5.57. The molecule has 0 saturated carbocycles. The first kappa shape index (κ1) is 20.3. The Labute approximate surface area is 152 Å². The lowest BCUT2D eigenvalue weighted by atomic mass is 10.1. The van der Waals surface area contributed by atoms with Crippen LogP contribution in [0, 0.1) is 16.7 Å². The number of rotatable bonds is 5. The van der Waals surface area contributed by atoms with Crippen molar-refractivity contribution >= 4 is 15.5 Å². The molecule has 0 unspecified atom stereocenters. The number of nitrogens with one attached hydrogen (secondary N) is 1. The van der Waals surface area contributed by atoms with Crippen LogP contribution in [0.3, 0.4) is 0 Å². The average molecular weight is 398 g/mol. The van der Waals surface area contributed by atoms with E-state index in [1.807, 2.05) is 0 Å². The van der Waals surface area contributed by atoms with E-state index < -0.39 is 49.6 Å². The van der Waals surface area contributed by atoms with Crippen molar-refractivity contribution in [3.63, 3.8) is 0 Å². The third kappa shape index (κ3) is 4.22. The Hall–Kier alpha value is -3.00. The number of halogens is 3. The van der Waals surface area contributed by atoms with E-state index in [4.69, 9.17) is 10.7 Å². The van der Waals surface area contributed by atoms with E-state index in [9.17, 15) is 26.7 Å². The number of alkyl halides is 3. The van der Waals surface area contributed by atoms with Crippen molar-refractivity contribution in [2.24, 2.45) is 0 Å². The SMILES string of the molecule is C[C@@H](CC(=N)c1nc(C#N)ncc1O)S(=O)(=O)c1ccccc1C(F)(F)F. The van der Waals surface area contributed by atoms with Gasteiger partial charge in [0.1, 0.15) is 11.8 Å². The molecule has 2 aromatic rings. The number of benzene rings is 1. The molecule has 1 heterocycles. The van der Waals surface area contributed by atoms with Crippen LogP contribution in [-0.2, 0) is 16.0 Å². The van der Waals surface area contributed by atoms with E-state index in [0.29, 0.717) is 6.07 Å². The summed E-state index contributed by atoms with van der Waals surface area (Å²) >= 11 is 0. The lowest BCUT2D eigenvalue weighted by molar-refractivity contribution is -0.139. The minimum atomic E-state index is -4.86. The van der Waals surface area contributed by atoms with Gasteiger partial charge >= 0.3 is 6.18 Å². The standard InChI is InChI=1S/C16H13F3N4O3S/c1-9(6-11(21)15-12(24)8-22-14(7-20)23-15)27(25,26)13-5-3-2-4-10(13)16(17,18)19/h2-5,8-9,21,24H,6H2,1H3/t9-/m0/s1. The van der Waals surface area contributed by atoms with E-state index in [1.54, 1.807) is 6.07 Å². The van der Waals surface area contributed by atoms with Gasteiger partial charge in [0.05, 0.1) is 27.6 Å². The van der Waals surface area contributed by atoms with E-state index in [2.05, 4.69) is 9.97 Å². The van der Waals surface area contributed by atoms with Gasteiger partial charge in [0.15, 0.2) is 15.6 Å². The Morgan fingerprint density at radius 3 is 2.59 bits per heavy atom. The van der Waals surface area contributed by atoms with Gasteiger partial charge in [-0.3, -0.25) is 0 Å². The minimum Gasteiger partial charge on any atom is -0.504 e. The van der Waals surface area contributed by atoms with E-state index in [1.165, 1.54) is 6.07 Å². The van der Waals surface area contributed by atoms with Crippen LogP contribution in [0.1, 0.15) is 30.4 Å². The van der Waals surface area contributed by atoms with Gasteiger partial charge in [-0.15, -0.1) is 0 Å². The Morgan fingerprint density at radius 1 is 1.37 bits per heavy atom. The Bertz CT molecular complexity index is 1030. The first-order valence-corrected chi connectivity index (χ1v) is 8.97. The van der Waals surface area contributed by atoms with Gasteiger partial charge in [-0.25, -0.2) is 18.4 Å². The number of nitrogens with zero attached hydrogens (tertiary/aromatic N) is 3. The van der Waals surface area contributed by atoms with Gasteiger partial charge in [-0.05, 0) is 19.1 Å². The van der Waals surface area contributed by atoms with Crippen LogP contribution in [0.25, 0.3) is 0 Å². The number of hydrogen-bond donors (Lipinski definition) is 2. The molecular formula is C16H13F3N4O3S. The molecule has 0 spiro atoms. The first-order valence-electron chi connectivity index (χ1n) is 7.42. The zero-order valence-corrected chi connectivity index (χ0v) is 14.6. The van der Waals surface area contributed by atoms with Gasteiger partial charge in [-0.1, -0.05) is 12.1 Å². The summed E-state index contributed by atoms with van der Waals surface area (Å²) in [6.07, 6.45) is -4.50.